The number of nitrogens with zero attached hydrogens (tertiary/aromatic N) is 1. The van der Waals surface area contributed by atoms with Gasteiger partial charge < -0.3 is 0 Å². The standard InChI is InChI=1S/C22H33IN2O/c1-6-13-25(20-11-9-8-10-12-20)23(7-2)16-21(26)24-22-18(4)14-17(3)15-19(22)5/h6-7,13-15,20H,2,8-12,16H2,1,3-5H3,(H,24,26)/b13-6-. The molecule has 3 nitrogen and oxygen atoms in total. The van der Waals surface area contributed by atoms with Gasteiger partial charge in [-0.1, -0.05) is 0 Å². The maximum atomic E-state index is 12.8. The number of halogens is 1. The van der Waals surface area contributed by atoms with Crippen LogP contribution in [0.25, 0.3) is 0 Å². The molecule has 0 spiro atoms. The fourth-order valence-electron chi connectivity index (χ4n) is 3.72. The van der Waals surface area contributed by atoms with Crippen molar-refractivity contribution in [3.05, 3.63) is 51.8 Å². The van der Waals surface area contributed by atoms with Crippen molar-refractivity contribution in [2.24, 2.45) is 0 Å². The van der Waals surface area contributed by atoms with E-state index in [1.807, 2.05) is 0 Å². The molecule has 0 aromatic heterocycles. The summed E-state index contributed by atoms with van der Waals surface area (Å²) in [6.45, 7) is 12.4. The van der Waals surface area contributed by atoms with E-state index < -0.39 is 20.1 Å². The van der Waals surface area contributed by atoms with Gasteiger partial charge in [0.1, 0.15) is 0 Å². The molecule has 1 aromatic rings. The SMILES string of the molecule is C=CI(CC(=O)Nc1c(C)cc(C)cc1C)N(/C=C\C)C1CCCCC1. The third kappa shape index (κ3) is 5.60. The van der Waals surface area contributed by atoms with Gasteiger partial charge in [-0.25, -0.2) is 0 Å². The van der Waals surface area contributed by atoms with Gasteiger partial charge in [0.25, 0.3) is 0 Å². The number of allylic oxidation sites excluding steroid dienone is 1. The molecule has 1 aromatic carbocycles. The van der Waals surface area contributed by atoms with E-state index in [-0.39, 0.29) is 5.91 Å². The number of benzene rings is 1. The van der Waals surface area contributed by atoms with Gasteiger partial charge >= 0.3 is 167 Å². The molecule has 1 aliphatic carbocycles. The Morgan fingerprint density at radius 3 is 2.38 bits per heavy atom. The van der Waals surface area contributed by atoms with Crippen molar-refractivity contribution in [2.75, 3.05) is 9.74 Å². The van der Waals surface area contributed by atoms with Gasteiger partial charge in [0.05, 0.1) is 0 Å². The Bertz CT molecular complexity index is 639. The van der Waals surface area contributed by atoms with Crippen LogP contribution in [-0.2, 0) is 4.79 Å². The van der Waals surface area contributed by atoms with Gasteiger partial charge in [-0.15, -0.1) is 0 Å². The van der Waals surface area contributed by atoms with Crippen LogP contribution < -0.4 is 5.32 Å². The van der Waals surface area contributed by atoms with E-state index in [4.69, 9.17) is 0 Å². The molecule has 1 N–H and O–H groups in total. The molecule has 0 heterocycles. The van der Waals surface area contributed by atoms with Gasteiger partial charge in [0, 0.05) is 0 Å². The zero-order chi connectivity index (χ0) is 19.1. The van der Waals surface area contributed by atoms with Gasteiger partial charge in [-0.3, -0.25) is 0 Å². The molecule has 1 fully saturated rings. The maximum absolute atomic E-state index is 12.8. The first-order chi connectivity index (χ1) is 12.5. The number of rotatable bonds is 7. The second-order valence-electron chi connectivity index (χ2n) is 7.10. The molecule has 0 aliphatic heterocycles. The first-order valence-corrected chi connectivity index (χ1v) is 13.3. The van der Waals surface area contributed by atoms with Crippen LogP contribution in [0.3, 0.4) is 0 Å². The monoisotopic (exact) mass is 468 g/mol. The third-order valence-electron chi connectivity index (χ3n) is 4.84. The number of hydrogen-bond acceptors (Lipinski definition) is 2. The summed E-state index contributed by atoms with van der Waals surface area (Å²) in [6.07, 6.45) is 10.7. The third-order valence-corrected chi connectivity index (χ3v) is 9.88. The van der Waals surface area contributed by atoms with Gasteiger partial charge in [0.15, 0.2) is 0 Å². The molecule has 1 saturated carbocycles. The Kier molecular flexibility index (Phi) is 8.19. The molecule has 4 heteroatoms. The molecule has 0 saturated heterocycles. The molecule has 0 atom stereocenters. The second-order valence-corrected chi connectivity index (χ2v) is 12.0. The van der Waals surface area contributed by atoms with Crippen molar-refractivity contribution in [2.45, 2.75) is 65.8 Å². The van der Waals surface area contributed by atoms with Crippen LogP contribution in [-0.4, -0.2) is 19.5 Å². The van der Waals surface area contributed by atoms with Crippen LogP contribution in [0, 0.1) is 20.8 Å². The molecular formula is C22H33IN2O. The summed E-state index contributed by atoms with van der Waals surface area (Å²) in [5.74, 6) is 0.121. The van der Waals surface area contributed by atoms with Crippen LogP contribution in [0.15, 0.2) is 35.1 Å². The predicted octanol–water partition coefficient (Wildman–Crippen LogP) is 6.28. The van der Waals surface area contributed by atoms with Crippen molar-refractivity contribution >= 4 is 31.7 Å². The average Bonchev–Trinajstić information content (AvgIpc) is 2.61. The number of alkyl halides is 1. The first-order valence-electron chi connectivity index (χ1n) is 9.52. The van der Waals surface area contributed by atoms with E-state index in [1.165, 1.54) is 37.7 Å². The van der Waals surface area contributed by atoms with E-state index in [2.05, 4.69) is 71.2 Å². The zero-order valence-electron chi connectivity index (χ0n) is 16.6. The molecule has 26 heavy (non-hydrogen) atoms. The fourth-order valence-corrected chi connectivity index (χ4v) is 8.08. The zero-order valence-corrected chi connectivity index (χ0v) is 18.8. The van der Waals surface area contributed by atoms with Crippen molar-refractivity contribution in [3.63, 3.8) is 0 Å². The minimum atomic E-state index is -1.76. The fraction of sp³-hybridized carbons (Fsp3) is 0.500. The van der Waals surface area contributed by atoms with E-state index in [0.717, 1.165) is 16.8 Å². The molecule has 2 rings (SSSR count). The Labute approximate surface area is 166 Å². The summed E-state index contributed by atoms with van der Waals surface area (Å²) < 4.78 is 5.17. The van der Waals surface area contributed by atoms with Crippen molar-refractivity contribution in [3.8, 4) is 0 Å². The minimum absolute atomic E-state index is 0.121. The van der Waals surface area contributed by atoms with Crippen molar-refractivity contribution in [1.82, 2.24) is 3.11 Å². The molecular weight excluding hydrogens is 435 g/mol. The molecule has 0 unspecified atom stereocenters. The molecule has 144 valence electrons. The quantitative estimate of drug-likeness (QED) is 0.290. The molecule has 0 radical (unpaired) electrons. The van der Waals surface area contributed by atoms with Crippen LogP contribution in [0.4, 0.5) is 5.69 Å². The van der Waals surface area contributed by atoms with Gasteiger partial charge in [-0.2, -0.15) is 0 Å². The van der Waals surface area contributed by atoms with Crippen LogP contribution >= 0.6 is 20.1 Å². The van der Waals surface area contributed by atoms with E-state index in [9.17, 15) is 4.79 Å². The molecule has 1 aliphatic rings. The number of amides is 1. The normalized spacial score (nSPS) is 15.8. The van der Waals surface area contributed by atoms with Gasteiger partial charge in [-0.05, 0) is 0 Å². The Morgan fingerprint density at radius 2 is 1.85 bits per heavy atom. The number of anilines is 1. The van der Waals surface area contributed by atoms with Crippen LogP contribution in [0.2, 0.25) is 0 Å². The van der Waals surface area contributed by atoms with Crippen LogP contribution in [0.1, 0.15) is 55.7 Å². The number of hydrogen-bond donors (Lipinski definition) is 1. The van der Waals surface area contributed by atoms with E-state index in [0.29, 0.717) is 10.5 Å². The molecule has 0 bridgehead atoms. The Balaban J connectivity index is 2.10. The summed E-state index contributed by atoms with van der Waals surface area (Å²) in [6, 6.07) is 4.83. The number of carbonyl (C=O) groups excluding carboxylic acids is 1. The Hall–Kier alpha value is -1.30. The van der Waals surface area contributed by atoms with Crippen molar-refractivity contribution in [1.29, 1.82) is 0 Å². The summed E-state index contributed by atoms with van der Waals surface area (Å²) in [5, 5.41) is 3.17. The average molecular weight is 468 g/mol. The van der Waals surface area contributed by atoms with Crippen LogP contribution in [0.5, 0.6) is 0 Å². The second kappa shape index (κ2) is 10.1. The molecule has 1 amide bonds. The topological polar surface area (TPSA) is 32.3 Å². The van der Waals surface area contributed by atoms with Crippen molar-refractivity contribution < 1.29 is 4.79 Å². The number of nitrogens with one attached hydrogen (secondary N) is 1. The first kappa shape index (κ1) is 21.0. The Morgan fingerprint density at radius 1 is 1.23 bits per heavy atom. The number of aryl methyl sites for hydroxylation is 3. The van der Waals surface area contributed by atoms with Gasteiger partial charge in [0.2, 0.25) is 0 Å². The van der Waals surface area contributed by atoms with E-state index in [1.54, 1.807) is 0 Å². The predicted molar refractivity (Wildman–Crippen MR) is 122 cm³/mol. The van der Waals surface area contributed by atoms with E-state index >= 15 is 0 Å². The number of carbonyl (C=O) groups is 1. The summed E-state index contributed by atoms with van der Waals surface area (Å²) >= 11 is -1.76. The summed E-state index contributed by atoms with van der Waals surface area (Å²) in [7, 11) is 0. The summed E-state index contributed by atoms with van der Waals surface area (Å²) in [5.41, 5.74) is 4.46. The summed E-state index contributed by atoms with van der Waals surface area (Å²) in [4.78, 5) is 12.8.